The van der Waals surface area contributed by atoms with Gasteiger partial charge in [0.2, 0.25) is 0 Å². The quantitative estimate of drug-likeness (QED) is 0.372. The molecule has 1 heterocycles. The first-order valence-electron chi connectivity index (χ1n) is 10.8. The van der Waals surface area contributed by atoms with Crippen molar-refractivity contribution >= 4 is 44.6 Å². The van der Waals surface area contributed by atoms with E-state index < -0.39 is 10.0 Å². The Bertz CT molecular complexity index is 1390. The van der Waals surface area contributed by atoms with Crippen molar-refractivity contribution < 1.29 is 8.42 Å². The second-order valence-corrected chi connectivity index (χ2v) is 11.3. The molecule has 0 saturated heterocycles. The number of rotatable bonds is 4. The van der Waals surface area contributed by atoms with Crippen LogP contribution < -0.4 is 10.0 Å². The van der Waals surface area contributed by atoms with Gasteiger partial charge in [-0.25, -0.2) is 8.42 Å². The number of fused-ring (bicyclic) bond motifs is 3. The molecule has 0 saturated carbocycles. The van der Waals surface area contributed by atoms with Crippen molar-refractivity contribution in [1.29, 1.82) is 0 Å². The van der Waals surface area contributed by atoms with Crippen LogP contribution in [0.2, 0.25) is 10.0 Å². The van der Waals surface area contributed by atoms with Crippen LogP contribution in [0.15, 0.2) is 71.6 Å². The smallest absolute Gasteiger partial charge is 0.261 e. The molecule has 3 aromatic carbocycles. The standard InChI is InChI=1S/C26H24Cl2N2O2S/c1-15-6-10-24(16(2)12-15)30-33(31,32)18-8-11-25-21(14-18)19-4-3-5-20(19)26(29-25)17-7-9-22(27)23(28)13-17/h3-4,6-14,19-20,26,29-30H,5H2,1-2H3/t19-,20+,26-/m1/s1. The minimum Gasteiger partial charge on any atom is -0.378 e. The van der Waals surface area contributed by atoms with Crippen LogP contribution in [0, 0.1) is 19.8 Å². The number of hydrogen-bond donors (Lipinski definition) is 2. The molecule has 2 N–H and O–H groups in total. The van der Waals surface area contributed by atoms with E-state index in [0.717, 1.165) is 34.4 Å². The second-order valence-electron chi connectivity index (χ2n) is 8.82. The number of aryl methyl sites for hydroxylation is 2. The molecule has 1 aliphatic carbocycles. The number of hydrogen-bond acceptors (Lipinski definition) is 3. The molecular weight excluding hydrogens is 475 g/mol. The van der Waals surface area contributed by atoms with Crippen molar-refractivity contribution in [3.05, 3.63) is 99.0 Å². The van der Waals surface area contributed by atoms with Gasteiger partial charge in [-0.1, -0.05) is 59.1 Å². The van der Waals surface area contributed by atoms with E-state index in [2.05, 4.69) is 22.2 Å². The van der Waals surface area contributed by atoms with Crippen molar-refractivity contribution in [2.75, 3.05) is 10.0 Å². The van der Waals surface area contributed by atoms with E-state index in [1.807, 2.05) is 50.2 Å². The lowest BCUT2D eigenvalue weighted by molar-refractivity contribution is 0.425. The van der Waals surface area contributed by atoms with Gasteiger partial charge >= 0.3 is 0 Å². The maximum Gasteiger partial charge on any atom is 0.261 e. The third kappa shape index (κ3) is 4.14. The monoisotopic (exact) mass is 498 g/mol. The van der Waals surface area contributed by atoms with Gasteiger partial charge < -0.3 is 5.32 Å². The highest BCUT2D eigenvalue weighted by molar-refractivity contribution is 7.92. The van der Waals surface area contributed by atoms with Crippen LogP contribution in [0.1, 0.15) is 40.6 Å². The van der Waals surface area contributed by atoms with Crippen LogP contribution in [-0.4, -0.2) is 8.42 Å². The van der Waals surface area contributed by atoms with Gasteiger partial charge in [-0.05, 0) is 79.3 Å². The fraction of sp³-hybridized carbons (Fsp3) is 0.231. The summed E-state index contributed by atoms with van der Waals surface area (Å²) in [7, 11) is -3.72. The highest BCUT2D eigenvalue weighted by atomic mass is 35.5. The summed E-state index contributed by atoms with van der Waals surface area (Å²) in [5, 5.41) is 4.68. The number of benzene rings is 3. The lowest BCUT2D eigenvalue weighted by atomic mass is 9.77. The Labute approximate surface area is 204 Å². The number of allylic oxidation sites excluding steroid dienone is 2. The molecule has 0 fully saturated rings. The number of halogens is 2. The average molecular weight is 499 g/mol. The molecule has 0 spiro atoms. The molecule has 0 amide bonds. The van der Waals surface area contributed by atoms with E-state index in [-0.39, 0.29) is 22.8 Å². The van der Waals surface area contributed by atoms with Gasteiger partial charge in [-0.15, -0.1) is 0 Å². The maximum absolute atomic E-state index is 13.2. The van der Waals surface area contributed by atoms with Crippen LogP contribution >= 0.6 is 23.2 Å². The molecule has 0 aromatic heterocycles. The zero-order valence-electron chi connectivity index (χ0n) is 18.3. The van der Waals surface area contributed by atoms with Gasteiger partial charge in [0.1, 0.15) is 0 Å². The first-order chi connectivity index (χ1) is 15.7. The molecule has 2 aliphatic rings. The number of nitrogens with one attached hydrogen (secondary N) is 2. The SMILES string of the molecule is Cc1ccc(NS(=O)(=O)c2ccc3c(c2)[C@@H]2C=CC[C@@H]2[C@@H](c2ccc(Cl)c(Cl)c2)N3)c(C)c1. The minimum atomic E-state index is -3.72. The number of sulfonamides is 1. The van der Waals surface area contributed by atoms with Crippen molar-refractivity contribution in [1.82, 2.24) is 0 Å². The van der Waals surface area contributed by atoms with Crippen molar-refractivity contribution in [2.24, 2.45) is 5.92 Å². The fourth-order valence-corrected chi connectivity index (χ4v) is 6.38. The van der Waals surface area contributed by atoms with Crippen LogP contribution in [0.5, 0.6) is 0 Å². The molecule has 1 aliphatic heterocycles. The zero-order valence-corrected chi connectivity index (χ0v) is 20.6. The normalized spacial score (nSPS) is 21.3. The molecule has 170 valence electrons. The Morgan fingerprint density at radius 1 is 0.970 bits per heavy atom. The maximum atomic E-state index is 13.2. The van der Waals surface area contributed by atoms with Gasteiger partial charge in [0, 0.05) is 11.6 Å². The van der Waals surface area contributed by atoms with Crippen molar-refractivity contribution in [3.8, 4) is 0 Å². The Morgan fingerprint density at radius 2 is 1.79 bits per heavy atom. The summed E-state index contributed by atoms with van der Waals surface area (Å²) in [6.07, 6.45) is 5.26. The fourth-order valence-electron chi connectivity index (χ4n) is 4.91. The largest absolute Gasteiger partial charge is 0.378 e. The van der Waals surface area contributed by atoms with Crippen LogP contribution in [0.4, 0.5) is 11.4 Å². The molecule has 3 aromatic rings. The van der Waals surface area contributed by atoms with E-state index in [1.54, 1.807) is 18.2 Å². The third-order valence-corrected chi connectivity index (χ3v) is 8.68. The predicted octanol–water partition coefficient (Wildman–Crippen LogP) is 7.24. The molecule has 3 atom stereocenters. The molecule has 0 unspecified atom stereocenters. The summed E-state index contributed by atoms with van der Waals surface area (Å²) < 4.78 is 29.1. The van der Waals surface area contributed by atoms with Crippen LogP contribution in [0.3, 0.4) is 0 Å². The van der Waals surface area contributed by atoms with E-state index in [1.165, 1.54) is 0 Å². The van der Waals surface area contributed by atoms with Gasteiger partial charge in [-0.3, -0.25) is 4.72 Å². The second kappa shape index (κ2) is 8.39. The summed E-state index contributed by atoms with van der Waals surface area (Å²) in [5.41, 5.74) is 5.57. The van der Waals surface area contributed by atoms with Crippen molar-refractivity contribution in [2.45, 2.75) is 37.1 Å². The van der Waals surface area contributed by atoms with Crippen LogP contribution in [0.25, 0.3) is 0 Å². The minimum absolute atomic E-state index is 0.0584. The summed E-state index contributed by atoms with van der Waals surface area (Å²) in [6.45, 7) is 3.89. The van der Waals surface area contributed by atoms with Gasteiger partial charge in [-0.2, -0.15) is 0 Å². The van der Waals surface area contributed by atoms with E-state index >= 15 is 0 Å². The Balaban J connectivity index is 1.49. The Hall–Kier alpha value is -2.47. The summed E-state index contributed by atoms with van der Waals surface area (Å²) in [5.74, 6) is 0.386. The van der Waals surface area contributed by atoms with E-state index in [4.69, 9.17) is 23.2 Å². The first kappa shape index (κ1) is 22.3. The molecule has 5 rings (SSSR count). The average Bonchev–Trinajstić information content (AvgIpc) is 3.27. The first-order valence-corrected chi connectivity index (χ1v) is 13.1. The van der Waals surface area contributed by atoms with Gasteiger partial charge in [0.25, 0.3) is 10.0 Å². The highest BCUT2D eigenvalue weighted by Gasteiger charge is 2.38. The molecular formula is C26H24Cl2N2O2S. The Morgan fingerprint density at radius 3 is 2.55 bits per heavy atom. The highest BCUT2D eigenvalue weighted by Crippen LogP contribution is 2.50. The predicted molar refractivity (Wildman–Crippen MR) is 136 cm³/mol. The third-order valence-electron chi connectivity index (χ3n) is 6.57. The molecule has 4 nitrogen and oxygen atoms in total. The topological polar surface area (TPSA) is 58.2 Å². The molecule has 33 heavy (non-hydrogen) atoms. The molecule has 0 radical (unpaired) electrons. The van der Waals surface area contributed by atoms with Gasteiger partial charge in [0.15, 0.2) is 0 Å². The Kier molecular flexibility index (Phi) is 5.68. The zero-order chi connectivity index (χ0) is 23.3. The summed E-state index contributed by atoms with van der Waals surface area (Å²) in [6, 6.07) is 16.8. The van der Waals surface area contributed by atoms with E-state index in [9.17, 15) is 8.42 Å². The van der Waals surface area contributed by atoms with Gasteiger partial charge in [0.05, 0.1) is 26.7 Å². The summed E-state index contributed by atoms with van der Waals surface area (Å²) >= 11 is 12.4. The summed E-state index contributed by atoms with van der Waals surface area (Å²) in [4.78, 5) is 0.259. The lowest BCUT2D eigenvalue weighted by Gasteiger charge is -2.37. The lowest BCUT2D eigenvalue weighted by Crippen LogP contribution is -2.29. The number of anilines is 2. The molecule has 7 heteroatoms. The van der Waals surface area contributed by atoms with Crippen molar-refractivity contribution in [3.63, 3.8) is 0 Å². The van der Waals surface area contributed by atoms with Crippen LogP contribution in [-0.2, 0) is 10.0 Å². The molecule has 0 bridgehead atoms. The van der Waals surface area contributed by atoms with E-state index in [0.29, 0.717) is 15.7 Å².